The van der Waals surface area contributed by atoms with Crippen LogP contribution in [0.2, 0.25) is 0 Å². The van der Waals surface area contributed by atoms with Gasteiger partial charge in [-0.2, -0.15) is 4.99 Å². The van der Waals surface area contributed by atoms with Crippen molar-refractivity contribution in [1.29, 1.82) is 0 Å². The minimum atomic E-state index is -0.477. The quantitative estimate of drug-likeness (QED) is 0.612. The normalized spacial score (nSPS) is 10.7. The summed E-state index contributed by atoms with van der Waals surface area (Å²) in [5, 5.41) is 0. The van der Waals surface area contributed by atoms with Gasteiger partial charge in [0.05, 0.1) is 11.9 Å². The molecule has 0 unspecified atom stereocenters. The Labute approximate surface area is 95.7 Å². The number of carbonyl (C=O) groups excluding carboxylic acids is 1. The molecule has 0 fully saturated rings. The second-order valence-corrected chi connectivity index (χ2v) is 3.99. The fourth-order valence-electron chi connectivity index (χ4n) is 0.899. The van der Waals surface area contributed by atoms with Crippen LogP contribution in [-0.4, -0.2) is 31.2 Å². The van der Waals surface area contributed by atoms with E-state index < -0.39 is 11.7 Å². The van der Waals surface area contributed by atoms with E-state index in [2.05, 4.69) is 20.9 Å². The highest BCUT2D eigenvalue weighted by Gasteiger charge is 2.09. The summed E-state index contributed by atoms with van der Waals surface area (Å²) in [6.07, 6.45) is 1.37. The molecule has 5 heteroatoms. The van der Waals surface area contributed by atoms with Crippen LogP contribution in [0.25, 0.3) is 0 Å². The molecule has 0 bridgehead atoms. The highest BCUT2D eigenvalue weighted by Crippen LogP contribution is 2.18. The Morgan fingerprint density at radius 2 is 2.20 bits per heavy atom. The van der Waals surface area contributed by atoms with E-state index in [-0.39, 0.29) is 5.56 Å². The number of carbonyl (C=O) groups is 1. The van der Waals surface area contributed by atoms with Gasteiger partial charge in [0.25, 0.3) is 5.91 Å². The molecule has 0 aliphatic rings. The molecule has 0 saturated heterocycles. The van der Waals surface area contributed by atoms with Crippen LogP contribution >= 0.6 is 15.9 Å². The van der Waals surface area contributed by atoms with Gasteiger partial charge in [0.15, 0.2) is 0 Å². The maximum atomic E-state index is 12.9. The molecule has 0 aliphatic carbocycles. The average Bonchev–Trinajstić information content (AvgIpc) is 2.18. The molecule has 0 heterocycles. The Hall–Kier alpha value is -1.23. The van der Waals surface area contributed by atoms with Crippen molar-refractivity contribution in [2.24, 2.45) is 4.99 Å². The van der Waals surface area contributed by atoms with Crippen molar-refractivity contribution in [3.63, 3.8) is 0 Å². The summed E-state index contributed by atoms with van der Waals surface area (Å²) < 4.78 is 13.4. The second kappa shape index (κ2) is 5.02. The van der Waals surface area contributed by atoms with E-state index in [1.807, 2.05) is 0 Å². The van der Waals surface area contributed by atoms with Gasteiger partial charge in [-0.3, -0.25) is 4.79 Å². The minimum absolute atomic E-state index is 0.216. The summed E-state index contributed by atoms with van der Waals surface area (Å²) in [6, 6.07) is 3.91. The first-order valence-corrected chi connectivity index (χ1v) is 5.00. The van der Waals surface area contributed by atoms with Gasteiger partial charge in [0, 0.05) is 18.6 Å². The average molecular weight is 273 g/mol. The summed E-state index contributed by atoms with van der Waals surface area (Å²) in [5.41, 5.74) is 0.216. The molecular weight excluding hydrogens is 263 g/mol. The van der Waals surface area contributed by atoms with Crippen molar-refractivity contribution < 1.29 is 9.18 Å². The van der Waals surface area contributed by atoms with Crippen LogP contribution in [0, 0.1) is 5.82 Å². The first kappa shape index (κ1) is 11.8. The van der Waals surface area contributed by atoms with E-state index in [9.17, 15) is 9.18 Å². The molecule has 3 nitrogen and oxygen atoms in total. The van der Waals surface area contributed by atoms with Gasteiger partial charge in [0.1, 0.15) is 5.82 Å². The number of halogens is 2. The van der Waals surface area contributed by atoms with Crippen LogP contribution in [0.4, 0.5) is 4.39 Å². The lowest BCUT2D eigenvalue weighted by Crippen LogP contribution is -2.10. The van der Waals surface area contributed by atoms with Crippen molar-refractivity contribution in [2.75, 3.05) is 14.1 Å². The third-order valence-electron chi connectivity index (χ3n) is 1.56. The van der Waals surface area contributed by atoms with Crippen molar-refractivity contribution in [2.45, 2.75) is 0 Å². The SMILES string of the molecule is CN(C)/C=N\C(=O)c1cc(F)ccc1Br. The van der Waals surface area contributed by atoms with Gasteiger partial charge in [0.2, 0.25) is 0 Å². The first-order valence-electron chi connectivity index (χ1n) is 4.20. The van der Waals surface area contributed by atoms with E-state index in [0.717, 1.165) is 6.07 Å². The van der Waals surface area contributed by atoms with Crippen LogP contribution in [0.15, 0.2) is 27.7 Å². The van der Waals surface area contributed by atoms with Crippen LogP contribution in [0.3, 0.4) is 0 Å². The fraction of sp³-hybridized carbons (Fsp3) is 0.200. The summed E-state index contributed by atoms with van der Waals surface area (Å²) in [5.74, 6) is -0.934. The van der Waals surface area contributed by atoms with Gasteiger partial charge in [-0.25, -0.2) is 4.39 Å². The zero-order valence-corrected chi connectivity index (χ0v) is 9.95. The van der Waals surface area contributed by atoms with Crippen LogP contribution in [0.5, 0.6) is 0 Å². The van der Waals surface area contributed by atoms with Crippen molar-refractivity contribution >= 4 is 28.2 Å². The van der Waals surface area contributed by atoms with E-state index in [1.165, 1.54) is 18.5 Å². The summed E-state index contributed by atoms with van der Waals surface area (Å²) >= 11 is 3.16. The number of aliphatic imine (C=N–C) groups is 1. The second-order valence-electron chi connectivity index (χ2n) is 3.14. The van der Waals surface area contributed by atoms with Gasteiger partial charge in [-0.05, 0) is 34.1 Å². The smallest absolute Gasteiger partial charge is 0.279 e. The van der Waals surface area contributed by atoms with Gasteiger partial charge >= 0.3 is 0 Å². The number of benzene rings is 1. The molecule has 0 aliphatic heterocycles. The monoisotopic (exact) mass is 272 g/mol. The van der Waals surface area contributed by atoms with E-state index >= 15 is 0 Å². The number of hydrogen-bond acceptors (Lipinski definition) is 1. The van der Waals surface area contributed by atoms with Gasteiger partial charge in [-0.1, -0.05) is 0 Å². The van der Waals surface area contributed by atoms with Crippen molar-refractivity contribution in [3.8, 4) is 0 Å². The number of nitrogens with zero attached hydrogens (tertiary/aromatic N) is 2. The molecule has 0 aromatic heterocycles. The Morgan fingerprint density at radius 1 is 1.53 bits per heavy atom. The molecule has 1 rings (SSSR count). The highest BCUT2D eigenvalue weighted by atomic mass is 79.9. The summed E-state index contributed by atoms with van der Waals surface area (Å²) in [7, 11) is 3.49. The third kappa shape index (κ3) is 3.43. The first-order chi connectivity index (χ1) is 7.00. The minimum Gasteiger partial charge on any atom is -0.369 e. The topological polar surface area (TPSA) is 32.7 Å². The summed E-state index contributed by atoms with van der Waals surface area (Å²) in [4.78, 5) is 16.8. The lowest BCUT2D eigenvalue weighted by atomic mass is 10.2. The lowest BCUT2D eigenvalue weighted by Gasteiger charge is -2.03. The van der Waals surface area contributed by atoms with Gasteiger partial charge in [-0.15, -0.1) is 0 Å². The van der Waals surface area contributed by atoms with Crippen molar-refractivity contribution in [1.82, 2.24) is 4.90 Å². The molecule has 0 N–H and O–H groups in total. The molecule has 0 saturated carbocycles. The van der Waals surface area contributed by atoms with Gasteiger partial charge < -0.3 is 4.90 Å². The predicted octanol–water partition coefficient (Wildman–Crippen LogP) is 2.32. The maximum absolute atomic E-state index is 12.9. The molecule has 0 spiro atoms. The van der Waals surface area contributed by atoms with Crippen LogP contribution < -0.4 is 0 Å². The Morgan fingerprint density at radius 3 is 2.80 bits per heavy atom. The molecule has 1 amide bonds. The van der Waals surface area contributed by atoms with E-state index in [4.69, 9.17) is 0 Å². The zero-order valence-electron chi connectivity index (χ0n) is 8.37. The van der Waals surface area contributed by atoms with Crippen LogP contribution in [-0.2, 0) is 0 Å². The molecule has 15 heavy (non-hydrogen) atoms. The number of hydrogen-bond donors (Lipinski definition) is 0. The molecule has 1 aromatic carbocycles. The summed E-state index contributed by atoms with van der Waals surface area (Å²) in [6.45, 7) is 0. The Balaban J connectivity index is 2.96. The standard InChI is InChI=1S/C10H10BrFN2O/c1-14(2)6-13-10(15)8-5-7(12)3-4-9(8)11/h3-6H,1-2H3/b13-6-. The van der Waals surface area contributed by atoms with E-state index in [1.54, 1.807) is 19.0 Å². The highest BCUT2D eigenvalue weighted by molar-refractivity contribution is 9.10. The number of rotatable bonds is 2. The molecule has 1 aromatic rings. The molecular formula is C10H10BrFN2O. The van der Waals surface area contributed by atoms with Crippen LogP contribution in [0.1, 0.15) is 10.4 Å². The van der Waals surface area contributed by atoms with E-state index in [0.29, 0.717) is 4.47 Å². The maximum Gasteiger partial charge on any atom is 0.279 e. The predicted molar refractivity (Wildman–Crippen MR) is 60.6 cm³/mol. The molecule has 80 valence electrons. The Bertz CT molecular complexity index is 404. The molecule has 0 radical (unpaired) electrons. The van der Waals surface area contributed by atoms with Crippen molar-refractivity contribution in [3.05, 3.63) is 34.1 Å². The Kier molecular flexibility index (Phi) is 3.96. The lowest BCUT2D eigenvalue weighted by molar-refractivity contribution is 0.100. The molecule has 0 atom stereocenters. The number of amides is 1. The fourth-order valence-corrected chi connectivity index (χ4v) is 1.32. The third-order valence-corrected chi connectivity index (χ3v) is 2.26. The zero-order chi connectivity index (χ0) is 11.4. The largest absolute Gasteiger partial charge is 0.369 e.